The molecule has 0 spiro atoms. The van der Waals surface area contributed by atoms with Crippen molar-refractivity contribution in [3.63, 3.8) is 0 Å². The Morgan fingerprint density at radius 3 is 2.54 bits per heavy atom. The first-order valence-corrected chi connectivity index (χ1v) is 9.07. The van der Waals surface area contributed by atoms with Gasteiger partial charge in [-0.1, -0.05) is 0 Å². The number of aromatic nitrogens is 2. The molecule has 0 amide bonds. The molecular weight excluding hydrogens is 337 g/mol. The number of halogens is 1. The van der Waals surface area contributed by atoms with Gasteiger partial charge in [0.25, 0.3) is 5.56 Å². The highest BCUT2D eigenvalue weighted by atomic mass is 19.1. The van der Waals surface area contributed by atoms with Crippen LogP contribution in [-0.4, -0.2) is 28.2 Å². The first-order chi connectivity index (χ1) is 12.3. The van der Waals surface area contributed by atoms with Gasteiger partial charge in [-0.2, -0.15) is 4.68 Å². The number of pyridine rings is 1. The van der Waals surface area contributed by atoms with Gasteiger partial charge in [-0.25, -0.2) is 9.18 Å². The molecule has 0 aromatic carbocycles. The summed E-state index contributed by atoms with van der Waals surface area (Å²) in [6.07, 6.45) is 3.82. The Labute approximate surface area is 150 Å². The van der Waals surface area contributed by atoms with Crippen molar-refractivity contribution in [1.82, 2.24) is 9.08 Å². The van der Waals surface area contributed by atoms with E-state index in [0.29, 0.717) is 46.0 Å². The molecule has 1 saturated carbocycles. The largest absolute Gasteiger partial charge is 0.368 e. The Kier molecular flexibility index (Phi) is 3.83. The topological polar surface area (TPSA) is 98.8 Å². The first kappa shape index (κ1) is 17.1. The van der Waals surface area contributed by atoms with Crippen LogP contribution in [0.5, 0.6) is 0 Å². The maximum Gasteiger partial charge on any atom is 0.354 e. The lowest BCUT2D eigenvalue weighted by atomic mass is 10.0. The number of nitrogen functional groups attached to an aromatic ring is 1. The second kappa shape index (κ2) is 5.84. The molecule has 0 bridgehead atoms. The Balaban J connectivity index is 1.97. The minimum Gasteiger partial charge on any atom is -0.368 e. The molecule has 0 radical (unpaired) electrons. The Bertz CT molecular complexity index is 1010. The zero-order valence-corrected chi connectivity index (χ0v) is 15.0. The summed E-state index contributed by atoms with van der Waals surface area (Å²) in [5.41, 5.74) is 6.91. The lowest BCUT2D eigenvalue weighted by molar-refractivity contribution is 0.487. The SMILES string of the molecule is Cc1c(N2CCC([C@H](C)N)C2)c(F)cn2c(=O)n(N)c(=O)c(C3CC3)c12. The number of anilines is 1. The normalized spacial score (nSPS) is 21.5. The Morgan fingerprint density at radius 2 is 1.96 bits per heavy atom. The van der Waals surface area contributed by atoms with E-state index in [2.05, 4.69) is 0 Å². The molecule has 7 nitrogen and oxygen atoms in total. The molecule has 1 aliphatic carbocycles. The van der Waals surface area contributed by atoms with Gasteiger partial charge in [0.15, 0.2) is 5.82 Å². The molecule has 1 unspecified atom stereocenters. The van der Waals surface area contributed by atoms with E-state index in [9.17, 15) is 14.0 Å². The average Bonchev–Trinajstić information content (AvgIpc) is 3.30. The van der Waals surface area contributed by atoms with Crippen molar-refractivity contribution in [2.75, 3.05) is 23.8 Å². The Hall–Kier alpha value is -2.35. The number of nitrogens with two attached hydrogens (primary N) is 2. The molecule has 1 saturated heterocycles. The summed E-state index contributed by atoms with van der Waals surface area (Å²) < 4.78 is 16.7. The molecule has 2 fully saturated rings. The number of hydrogen-bond donors (Lipinski definition) is 2. The molecule has 8 heteroatoms. The van der Waals surface area contributed by atoms with E-state index in [1.165, 1.54) is 4.40 Å². The maximum atomic E-state index is 15.0. The van der Waals surface area contributed by atoms with Gasteiger partial charge in [0.1, 0.15) is 0 Å². The highest BCUT2D eigenvalue weighted by Crippen LogP contribution is 2.42. The van der Waals surface area contributed by atoms with Gasteiger partial charge in [0.05, 0.1) is 17.4 Å². The number of hydrogen-bond acceptors (Lipinski definition) is 5. The molecule has 3 heterocycles. The first-order valence-electron chi connectivity index (χ1n) is 9.07. The lowest BCUT2D eigenvalue weighted by Crippen LogP contribution is -2.44. The molecule has 2 aromatic rings. The van der Waals surface area contributed by atoms with E-state index in [1.54, 1.807) is 6.92 Å². The number of fused-ring (bicyclic) bond motifs is 1. The third-order valence-corrected chi connectivity index (χ3v) is 5.81. The molecule has 4 N–H and O–H groups in total. The van der Waals surface area contributed by atoms with Gasteiger partial charge >= 0.3 is 5.69 Å². The van der Waals surface area contributed by atoms with Crippen LogP contribution in [-0.2, 0) is 0 Å². The third kappa shape index (κ3) is 2.43. The molecule has 2 aliphatic rings. The lowest BCUT2D eigenvalue weighted by Gasteiger charge is -2.24. The van der Waals surface area contributed by atoms with Gasteiger partial charge in [-0.15, -0.1) is 0 Å². The van der Waals surface area contributed by atoms with Crippen molar-refractivity contribution in [1.29, 1.82) is 0 Å². The van der Waals surface area contributed by atoms with Crippen LogP contribution < -0.4 is 27.7 Å². The molecule has 26 heavy (non-hydrogen) atoms. The molecule has 2 aromatic heterocycles. The molecule has 1 aliphatic heterocycles. The summed E-state index contributed by atoms with van der Waals surface area (Å²) in [6.45, 7) is 5.12. The Morgan fingerprint density at radius 1 is 1.27 bits per heavy atom. The van der Waals surface area contributed by atoms with Crippen molar-refractivity contribution in [3.8, 4) is 0 Å². The fraction of sp³-hybridized carbons (Fsp3) is 0.556. The fourth-order valence-electron chi connectivity index (χ4n) is 4.18. The van der Waals surface area contributed by atoms with Crippen LogP contribution in [0.3, 0.4) is 0 Å². The van der Waals surface area contributed by atoms with Gasteiger partial charge in [-0.05, 0) is 44.9 Å². The van der Waals surface area contributed by atoms with Gasteiger partial charge in [0, 0.05) is 30.3 Å². The summed E-state index contributed by atoms with van der Waals surface area (Å²) in [7, 11) is 0. The monoisotopic (exact) mass is 361 g/mol. The molecule has 2 atom stereocenters. The smallest absolute Gasteiger partial charge is 0.354 e. The fourth-order valence-corrected chi connectivity index (χ4v) is 4.18. The number of nitrogens with zero attached hydrogens (tertiary/aromatic N) is 3. The predicted octanol–water partition coefficient (Wildman–Crippen LogP) is 0.673. The van der Waals surface area contributed by atoms with Crippen LogP contribution in [0.4, 0.5) is 10.1 Å². The van der Waals surface area contributed by atoms with E-state index < -0.39 is 17.1 Å². The van der Waals surface area contributed by atoms with Crippen LogP contribution >= 0.6 is 0 Å². The third-order valence-electron chi connectivity index (χ3n) is 5.81. The van der Waals surface area contributed by atoms with Crippen LogP contribution in [0.1, 0.15) is 43.2 Å². The van der Waals surface area contributed by atoms with Crippen molar-refractivity contribution < 1.29 is 4.39 Å². The quantitative estimate of drug-likeness (QED) is 0.783. The summed E-state index contributed by atoms with van der Waals surface area (Å²) in [5.74, 6) is 5.55. The van der Waals surface area contributed by atoms with Crippen molar-refractivity contribution in [2.45, 2.75) is 45.1 Å². The van der Waals surface area contributed by atoms with Crippen molar-refractivity contribution in [2.24, 2.45) is 11.7 Å². The van der Waals surface area contributed by atoms with Gasteiger partial charge in [0.2, 0.25) is 0 Å². The molecule has 140 valence electrons. The number of rotatable bonds is 3. The summed E-state index contributed by atoms with van der Waals surface area (Å²) in [5, 5.41) is 0. The van der Waals surface area contributed by atoms with E-state index >= 15 is 0 Å². The van der Waals surface area contributed by atoms with Crippen molar-refractivity contribution >= 4 is 11.2 Å². The van der Waals surface area contributed by atoms with E-state index in [4.69, 9.17) is 11.6 Å². The van der Waals surface area contributed by atoms with Crippen molar-refractivity contribution in [3.05, 3.63) is 44.0 Å². The zero-order valence-electron chi connectivity index (χ0n) is 15.0. The summed E-state index contributed by atoms with van der Waals surface area (Å²) in [4.78, 5) is 27.0. The highest BCUT2D eigenvalue weighted by Gasteiger charge is 2.34. The average molecular weight is 361 g/mol. The van der Waals surface area contributed by atoms with E-state index in [-0.39, 0.29) is 12.0 Å². The van der Waals surface area contributed by atoms with Crippen LogP contribution in [0.25, 0.3) is 5.52 Å². The molecule has 4 rings (SSSR count). The van der Waals surface area contributed by atoms with Gasteiger partial charge < -0.3 is 16.5 Å². The standard InChI is InChI=1S/C18H24FN5O2/c1-9-15(22-6-5-12(7-22)10(2)20)13(19)8-23-16(9)14(11-3-4-11)17(25)24(21)18(23)26/h8,10-12H,3-7,20-21H2,1-2H3/t10-,12?/m0/s1. The number of aryl methyl sites for hydroxylation is 1. The minimum absolute atomic E-state index is 0.0397. The predicted molar refractivity (Wildman–Crippen MR) is 98.7 cm³/mol. The second-order valence-corrected chi connectivity index (χ2v) is 7.67. The van der Waals surface area contributed by atoms with Crippen LogP contribution in [0.2, 0.25) is 0 Å². The minimum atomic E-state index is -0.724. The summed E-state index contributed by atoms with van der Waals surface area (Å²) >= 11 is 0. The van der Waals surface area contributed by atoms with E-state index in [1.807, 2.05) is 11.8 Å². The molecular formula is C18H24FN5O2. The second-order valence-electron chi connectivity index (χ2n) is 7.67. The maximum absolute atomic E-state index is 15.0. The van der Waals surface area contributed by atoms with E-state index in [0.717, 1.165) is 25.5 Å². The highest BCUT2D eigenvalue weighted by molar-refractivity contribution is 5.72. The van der Waals surface area contributed by atoms with Crippen LogP contribution in [0.15, 0.2) is 15.8 Å². The summed E-state index contributed by atoms with van der Waals surface area (Å²) in [6, 6.07) is 0.0397. The zero-order chi connectivity index (χ0) is 18.7. The van der Waals surface area contributed by atoms with Gasteiger partial charge in [-0.3, -0.25) is 9.20 Å². The van der Waals surface area contributed by atoms with Crippen LogP contribution in [0, 0.1) is 18.7 Å².